The summed E-state index contributed by atoms with van der Waals surface area (Å²) in [6.45, 7) is 0. The normalized spacial score (nSPS) is 20.6. The molecule has 0 aliphatic heterocycles. The first-order chi connectivity index (χ1) is 19.1. The summed E-state index contributed by atoms with van der Waals surface area (Å²) in [5.74, 6) is -7.96. The highest BCUT2D eigenvalue weighted by molar-refractivity contribution is 7.85. The first-order valence-electron chi connectivity index (χ1n) is 12.4. The van der Waals surface area contributed by atoms with Gasteiger partial charge in [0.2, 0.25) is 0 Å². The number of halogens is 6. The number of carbonyl (C=O) groups is 1. The van der Waals surface area contributed by atoms with E-state index in [0.29, 0.717) is 11.1 Å². The average molecular weight is 594 g/mol. The third-order valence-corrected chi connectivity index (χ3v) is 8.85. The number of ether oxygens (including phenoxy) is 1. The molecule has 41 heavy (non-hydrogen) atoms. The first kappa shape index (κ1) is 27.5. The van der Waals surface area contributed by atoms with Gasteiger partial charge in [0.05, 0.1) is 21.8 Å². The minimum Gasteiger partial charge on any atom is -0.748 e. The highest BCUT2D eigenvalue weighted by atomic mass is 32.2. The van der Waals surface area contributed by atoms with Crippen LogP contribution in [-0.2, 0) is 19.6 Å². The van der Waals surface area contributed by atoms with Gasteiger partial charge in [0.25, 0.3) is 0 Å². The van der Waals surface area contributed by atoms with E-state index in [1.165, 1.54) is 0 Å². The zero-order valence-corrected chi connectivity index (χ0v) is 21.6. The predicted molar refractivity (Wildman–Crippen MR) is 135 cm³/mol. The molecule has 1 unspecified atom stereocenters. The van der Waals surface area contributed by atoms with Crippen LogP contribution < -0.4 is 0 Å². The van der Waals surface area contributed by atoms with Gasteiger partial charge in [-0.25, -0.2) is 8.42 Å². The Bertz CT molecular complexity index is 1730. The van der Waals surface area contributed by atoms with Crippen LogP contribution in [0.25, 0.3) is 21.5 Å². The number of hydrogen-bond acceptors (Lipinski definition) is 5. The minimum absolute atomic E-state index is 0.171. The third kappa shape index (κ3) is 4.35. The quantitative estimate of drug-likeness (QED) is 0.152. The number of esters is 1. The van der Waals surface area contributed by atoms with Gasteiger partial charge in [0, 0.05) is 11.8 Å². The molecular weight excluding hydrogens is 574 g/mol. The zero-order chi connectivity index (χ0) is 29.5. The molecule has 0 aromatic heterocycles. The average Bonchev–Trinajstić information content (AvgIpc) is 2.88. The van der Waals surface area contributed by atoms with Crippen LogP contribution >= 0.6 is 0 Å². The Morgan fingerprint density at radius 3 is 1.51 bits per heavy atom. The number of carbonyl (C=O) groups excluding carboxylic acids is 1. The Labute approximate surface area is 229 Å². The Kier molecular flexibility index (Phi) is 5.99. The first-order valence-corrected chi connectivity index (χ1v) is 14.0. The van der Waals surface area contributed by atoms with Gasteiger partial charge in [-0.15, -0.1) is 0 Å². The summed E-state index contributed by atoms with van der Waals surface area (Å²) in [4.78, 5) is 13.4. The summed E-state index contributed by atoms with van der Waals surface area (Å²) in [7, 11) is -6.15. The van der Waals surface area contributed by atoms with Crippen molar-refractivity contribution < 1.29 is 48.8 Å². The van der Waals surface area contributed by atoms with E-state index in [9.17, 15) is 44.1 Å². The predicted octanol–water partition coefficient (Wildman–Crippen LogP) is 6.54. The third-order valence-electron chi connectivity index (χ3n) is 8.09. The molecule has 5 nitrogen and oxygen atoms in total. The molecule has 2 bridgehead atoms. The van der Waals surface area contributed by atoms with Gasteiger partial charge in [0.1, 0.15) is 0 Å². The topological polar surface area (TPSA) is 83.5 Å². The maximum Gasteiger partial charge on any atom is 0.438 e. The highest BCUT2D eigenvalue weighted by Crippen LogP contribution is 2.58. The molecule has 1 atom stereocenters. The molecule has 3 aliphatic carbocycles. The minimum atomic E-state index is -6.44. The Morgan fingerprint density at radius 2 is 1.15 bits per heavy atom. The van der Waals surface area contributed by atoms with Crippen molar-refractivity contribution in [2.75, 3.05) is 5.75 Å². The molecule has 0 radical (unpaired) electrons. The maximum atomic E-state index is 13.9. The number of hydrogen-bond donors (Lipinski definition) is 0. The van der Waals surface area contributed by atoms with Gasteiger partial charge in [0.15, 0.2) is 0 Å². The molecule has 3 aliphatic rings. The van der Waals surface area contributed by atoms with Crippen molar-refractivity contribution >= 4 is 37.6 Å². The lowest BCUT2D eigenvalue weighted by Crippen LogP contribution is -2.64. The Morgan fingerprint density at radius 1 is 0.756 bits per heavy atom. The summed E-state index contributed by atoms with van der Waals surface area (Å²) in [5.41, 5.74) is -2.81. The van der Waals surface area contributed by atoms with Crippen LogP contribution in [0.4, 0.5) is 26.3 Å². The largest absolute Gasteiger partial charge is 0.748 e. The summed E-state index contributed by atoms with van der Waals surface area (Å²) in [6.07, 6.45) is -13.0. The molecule has 12 heteroatoms. The van der Waals surface area contributed by atoms with E-state index < -0.39 is 57.5 Å². The van der Waals surface area contributed by atoms with Gasteiger partial charge in [-0.05, 0) is 50.2 Å². The lowest BCUT2D eigenvalue weighted by atomic mass is 9.58. The summed E-state index contributed by atoms with van der Waals surface area (Å²) in [6, 6.07) is 21.9. The molecule has 7 rings (SSSR count). The van der Waals surface area contributed by atoms with Crippen LogP contribution in [0.1, 0.15) is 40.5 Å². The van der Waals surface area contributed by atoms with Crippen molar-refractivity contribution in [3.8, 4) is 0 Å². The molecule has 0 fully saturated rings. The van der Waals surface area contributed by atoms with Gasteiger partial charge < -0.3 is 9.29 Å². The van der Waals surface area contributed by atoms with Gasteiger partial charge >= 0.3 is 23.9 Å². The van der Waals surface area contributed by atoms with Gasteiger partial charge in [-0.1, -0.05) is 72.8 Å². The zero-order valence-electron chi connectivity index (χ0n) is 20.8. The molecule has 0 spiro atoms. The summed E-state index contributed by atoms with van der Waals surface area (Å²) >= 11 is 0. The van der Waals surface area contributed by atoms with E-state index in [-0.39, 0.29) is 6.42 Å². The van der Waals surface area contributed by atoms with Crippen molar-refractivity contribution in [3.63, 3.8) is 0 Å². The van der Waals surface area contributed by atoms with Crippen LogP contribution in [0.3, 0.4) is 0 Å². The second-order valence-corrected chi connectivity index (χ2v) is 11.9. The van der Waals surface area contributed by atoms with Crippen LogP contribution in [0.15, 0.2) is 72.8 Å². The summed E-state index contributed by atoms with van der Waals surface area (Å²) < 4.78 is 122. The molecular formula is C29H19F6O5S-. The second kappa shape index (κ2) is 8.93. The molecule has 0 N–H and O–H groups in total. The number of alkyl halides is 6. The lowest BCUT2D eigenvalue weighted by molar-refractivity contribution is -0.362. The second-order valence-electron chi connectivity index (χ2n) is 10.5. The van der Waals surface area contributed by atoms with Crippen molar-refractivity contribution in [2.24, 2.45) is 5.92 Å². The van der Waals surface area contributed by atoms with Crippen LogP contribution in [0, 0.1) is 5.92 Å². The SMILES string of the molecule is O=C(OC(CS(=O)(=O)[O-])(C(F)(F)F)C(F)(F)F)C1CC2c3cc4ccccc4cc3C1c1cc3ccccc3cc12. The van der Waals surface area contributed by atoms with Gasteiger partial charge in [-0.2, -0.15) is 26.3 Å². The molecule has 0 saturated heterocycles. The molecule has 4 aromatic carbocycles. The fraction of sp³-hybridized carbons (Fsp3) is 0.276. The summed E-state index contributed by atoms with van der Waals surface area (Å²) in [5, 5.41) is 3.25. The highest BCUT2D eigenvalue weighted by Gasteiger charge is 2.75. The standard InChI is InChI=1S/C29H20F6O5S/c30-28(31,32)27(29(33,34)35,14-41(37,38)39)40-26(36)24-13-21-19-9-15-5-1-3-7-17(15)11-22(19)25(24)23-12-18-8-4-2-6-16(18)10-20(21)23/h1-12,21,24-25H,13-14H2,(H,37,38,39)/p-1. The number of fused-ring (bicyclic) bond motifs is 3. The smallest absolute Gasteiger partial charge is 0.438 e. The van der Waals surface area contributed by atoms with E-state index in [4.69, 9.17) is 0 Å². The number of rotatable bonds is 4. The van der Waals surface area contributed by atoms with E-state index in [1.54, 1.807) is 36.4 Å². The fourth-order valence-electron chi connectivity index (χ4n) is 6.30. The van der Waals surface area contributed by atoms with Crippen LogP contribution in [-0.4, -0.2) is 42.6 Å². The molecule has 0 heterocycles. The Balaban J connectivity index is 1.52. The van der Waals surface area contributed by atoms with Gasteiger partial charge in [-0.3, -0.25) is 4.79 Å². The van der Waals surface area contributed by atoms with Crippen molar-refractivity contribution in [3.05, 3.63) is 95.1 Å². The molecule has 214 valence electrons. The fourth-order valence-corrected chi connectivity index (χ4v) is 7.19. The maximum absolute atomic E-state index is 13.9. The van der Waals surface area contributed by atoms with Crippen LogP contribution in [0.5, 0.6) is 0 Å². The Hall–Kier alpha value is -3.64. The van der Waals surface area contributed by atoms with Crippen molar-refractivity contribution in [2.45, 2.75) is 36.2 Å². The molecule has 0 saturated carbocycles. The van der Waals surface area contributed by atoms with Crippen LogP contribution in [0.2, 0.25) is 0 Å². The van der Waals surface area contributed by atoms with E-state index in [0.717, 1.165) is 32.7 Å². The van der Waals surface area contributed by atoms with E-state index in [1.807, 2.05) is 36.4 Å². The van der Waals surface area contributed by atoms with Crippen molar-refractivity contribution in [1.29, 1.82) is 0 Å². The monoisotopic (exact) mass is 593 g/mol. The number of benzene rings is 4. The lowest BCUT2D eigenvalue weighted by Gasteiger charge is -2.46. The molecule has 0 amide bonds. The van der Waals surface area contributed by atoms with Crippen molar-refractivity contribution in [1.82, 2.24) is 0 Å². The van der Waals surface area contributed by atoms with E-state index >= 15 is 0 Å². The molecule has 4 aromatic rings. The van der Waals surface area contributed by atoms with E-state index in [2.05, 4.69) is 4.74 Å².